The van der Waals surface area contributed by atoms with E-state index in [4.69, 9.17) is 4.74 Å². The van der Waals surface area contributed by atoms with Crippen molar-refractivity contribution in [2.24, 2.45) is 0 Å². The third-order valence-electron chi connectivity index (χ3n) is 3.13. The Morgan fingerprint density at radius 1 is 0.682 bits per heavy atom. The molecule has 0 N–H and O–H groups in total. The molecule has 0 radical (unpaired) electrons. The summed E-state index contributed by atoms with van der Waals surface area (Å²) >= 11 is 0. The Kier molecular flexibility index (Phi) is 4.68. The Balaban J connectivity index is 2.19. The van der Waals surface area contributed by atoms with Crippen molar-refractivity contribution in [3.8, 4) is 5.75 Å². The molecule has 0 spiro atoms. The van der Waals surface area contributed by atoms with Crippen molar-refractivity contribution in [2.45, 2.75) is 0 Å². The Labute approximate surface area is 127 Å². The predicted octanol–water partition coefficient (Wildman–Crippen LogP) is 2.55. The number of rotatable bonds is 5. The van der Waals surface area contributed by atoms with Gasteiger partial charge in [-0.25, -0.2) is 4.79 Å². The number of ketones is 2. The first-order chi connectivity index (χ1) is 10.6. The lowest BCUT2D eigenvalue weighted by Crippen LogP contribution is -2.14. The fourth-order valence-corrected chi connectivity index (χ4v) is 1.88. The van der Waals surface area contributed by atoms with E-state index in [-0.39, 0.29) is 11.1 Å². The third kappa shape index (κ3) is 3.20. The van der Waals surface area contributed by atoms with Gasteiger partial charge in [-0.2, -0.15) is 0 Å². The molecule has 0 aromatic heterocycles. The van der Waals surface area contributed by atoms with Crippen LogP contribution in [-0.4, -0.2) is 31.8 Å². The summed E-state index contributed by atoms with van der Waals surface area (Å²) in [6.07, 6.45) is 0. The molecule has 0 fully saturated rings. The molecule has 0 atom stereocenters. The van der Waals surface area contributed by atoms with E-state index in [1.165, 1.54) is 50.6 Å². The van der Waals surface area contributed by atoms with Crippen LogP contribution in [0.1, 0.15) is 31.1 Å². The van der Waals surface area contributed by atoms with E-state index in [0.29, 0.717) is 11.3 Å². The molecule has 5 nitrogen and oxygen atoms in total. The zero-order valence-electron chi connectivity index (χ0n) is 12.2. The lowest BCUT2D eigenvalue weighted by Gasteiger charge is -2.04. The van der Waals surface area contributed by atoms with Crippen LogP contribution in [-0.2, 0) is 4.74 Å². The summed E-state index contributed by atoms with van der Waals surface area (Å²) in [5.74, 6) is -1.15. The molecule has 0 saturated carbocycles. The Hall–Kier alpha value is -2.95. The number of ether oxygens (including phenoxy) is 2. The quantitative estimate of drug-likeness (QED) is 0.482. The van der Waals surface area contributed by atoms with Gasteiger partial charge in [-0.1, -0.05) is 12.1 Å². The normalized spacial score (nSPS) is 9.91. The first kappa shape index (κ1) is 15.4. The van der Waals surface area contributed by atoms with Crippen molar-refractivity contribution in [1.29, 1.82) is 0 Å². The second-order valence-corrected chi connectivity index (χ2v) is 4.46. The molecule has 112 valence electrons. The van der Waals surface area contributed by atoms with Gasteiger partial charge in [0.1, 0.15) is 5.75 Å². The summed E-state index contributed by atoms with van der Waals surface area (Å²) in [6.45, 7) is 0. The zero-order chi connectivity index (χ0) is 16.1. The number of methoxy groups -OCH3 is 2. The summed E-state index contributed by atoms with van der Waals surface area (Å²) in [6, 6.07) is 12.0. The molecule has 0 aliphatic heterocycles. The largest absolute Gasteiger partial charge is 0.497 e. The van der Waals surface area contributed by atoms with Gasteiger partial charge >= 0.3 is 5.97 Å². The standard InChI is InChI=1S/C17H14O5/c1-21-14-9-7-12(8-10-14)16(19)15(18)11-3-5-13(6-4-11)17(20)22-2/h3-10H,1-2H3. The fourth-order valence-electron chi connectivity index (χ4n) is 1.88. The fraction of sp³-hybridized carbons (Fsp3) is 0.118. The molecule has 0 saturated heterocycles. The highest BCUT2D eigenvalue weighted by Crippen LogP contribution is 2.14. The van der Waals surface area contributed by atoms with Crippen LogP contribution in [0.4, 0.5) is 0 Å². The smallest absolute Gasteiger partial charge is 0.337 e. The maximum Gasteiger partial charge on any atom is 0.337 e. The van der Waals surface area contributed by atoms with Crippen molar-refractivity contribution >= 4 is 17.5 Å². The molecule has 2 aromatic rings. The summed E-state index contributed by atoms with van der Waals surface area (Å²) in [5, 5.41) is 0. The van der Waals surface area contributed by atoms with Crippen LogP contribution in [0.5, 0.6) is 5.75 Å². The number of hydrogen-bond acceptors (Lipinski definition) is 5. The van der Waals surface area contributed by atoms with Gasteiger partial charge < -0.3 is 9.47 Å². The molecule has 0 bridgehead atoms. The van der Waals surface area contributed by atoms with Gasteiger partial charge in [-0.3, -0.25) is 9.59 Å². The molecule has 22 heavy (non-hydrogen) atoms. The molecule has 5 heteroatoms. The molecular weight excluding hydrogens is 284 g/mol. The van der Waals surface area contributed by atoms with Gasteiger partial charge in [-0.05, 0) is 36.4 Å². The van der Waals surface area contributed by atoms with Gasteiger partial charge in [0.15, 0.2) is 0 Å². The number of benzene rings is 2. The minimum absolute atomic E-state index is 0.216. The second kappa shape index (κ2) is 6.67. The number of carbonyl (C=O) groups is 3. The average Bonchev–Trinajstić information content (AvgIpc) is 2.60. The lowest BCUT2D eigenvalue weighted by molar-refractivity contribution is 0.0600. The van der Waals surface area contributed by atoms with E-state index in [2.05, 4.69) is 4.74 Å². The van der Waals surface area contributed by atoms with Gasteiger partial charge in [0, 0.05) is 11.1 Å². The maximum atomic E-state index is 12.2. The summed E-state index contributed by atoms with van der Waals surface area (Å²) in [4.78, 5) is 35.6. The van der Waals surface area contributed by atoms with Crippen LogP contribution in [0.25, 0.3) is 0 Å². The molecular formula is C17H14O5. The van der Waals surface area contributed by atoms with Gasteiger partial charge in [0.05, 0.1) is 19.8 Å². The molecule has 0 aliphatic rings. The Morgan fingerprint density at radius 3 is 1.50 bits per heavy atom. The van der Waals surface area contributed by atoms with Gasteiger partial charge in [-0.15, -0.1) is 0 Å². The number of esters is 1. The summed E-state index contributed by atoms with van der Waals surface area (Å²) < 4.78 is 9.57. The number of carbonyl (C=O) groups excluding carboxylic acids is 3. The highest BCUT2D eigenvalue weighted by atomic mass is 16.5. The van der Waals surface area contributed by atoms with Crippen molar-refractivity contribution in [2.75, 3.05) is 14.2 Å². The second-order valence-electron chi connectivity index (χ2n) is 4.46. The van der Waals surface area contributed by atoms with E-state index in [0.717, 1.165) is 0 Å². The minimum atomic E-state index is -0.637. The SMILES string of the molecule is COC(=O)c1ccc(C(=O)C(=O)c2ccc(OC)cc2)cc1. The first-order valence-corrected chi connectivity index (χ1v) is 6.48. The molecule has 2 aromatic carbocycles. The highest BCUT2D eigenvalue weighted by Gasteiger charge is 2.18. The van der Waals surface area contributed by atoms with Crippen LogP contribution < -0.4 is 4.74 Å². The molecule has 0 unspecified atom stereocenters. The monoisotopic (exact) mass is 298 g/mol. The van der Waals surface area contributed by atoms with E-state index < -0.39 is 17.5 Å². The summed E-state index contributed by atoms with van der Waals surface area (Å²) in [7, 11) is 2.79. The van der Waals surface area contributed by atoms with E-state index >= 15 is 0 Å². The van der Waals surface area contributed by atoms with Crippen molar-refractivity contribution in [3.63, 3.8) is 0 Å². The maximum absolute atomic E-state index is 12.2. The van der Waals surface area contributed by atoms with Crippen molar-refractivity contribution in [3.05, 3.63) is 65.2 Å². The molecule has 0 amide bonds. The molecule has 0 heterocycles. The van der Waals surface area contributed by atoms with Crippen molar-refractivity contribution in [1.82, 2.24) is 0 Å². The number of hydrogen-bond donors (Lipinski definition) is 0. The first-order valence-electron chi connectivity index (χ1n) is 6.48. The predicted molar refractivity (Wildman–Crippen MR) is 79.4 cm³/mol. The van der Waals surface area contributed by atoms with Crippen molar-refractivity contribution < 1.29 is 23.9 Å². The van der Waals surface area contributed by atoms with E-state index in [9.17, 15) is 14.4 Å². The van der Waals surface area contributed by atoms with Gasteiger partial charge in [0.25, 0.3) is 0 Å². The van der Waals surface area contributed by atoms with E-state index in [1.807, 2.05) is 0 Å². The molecule has 0 aliphatic carbocycles. The molecule has 2 rings (SSSR count). The topological polar surface area (TPSA) is 69.7 Å². The minimum Gasteiger partial charge on any atom is -0.497 e. The van der Waals surface area contributed by atoms with Crippen LogP contribution in [0.2, 0.25) is 0 Å². The number of Topliss-reactive ketones (excluding diaryl/α,β-unsaturated/α-hetero) is 2. The van der Waals surface area contributed by atoms with Crippen LogP contribution >= 0.6 is 0 Å². The van der Waals surface area contributed by atoms with Crippen LogP contribution in [0.15, 0.2) is 48.5 Å². The average molecular weight is 298 g/mol. The van der Waals surface area contributed by atoms with Crippen LogP contribution in [0, 0.1) is 0 Å². The summed E-state index contributed by atoms with van der Waals surface area (Å²) in [5.41, 5.74) is 0.812. The Morgan fingerprint density at radius 2 is 1.09 bits per heavy atom. The third-order valence-corrected chi connectivity index (χ3v) is 3.13. The lowest BCUT2D eigenvalue weighted by atomic mass is 10.0. The zero-order valence-corrected chi connectivity index (χ0v) is 12.2. The Bertz CT molecular complexity index is 699. The van der Waals surface area contributed by atoms with Crippen LogP contribution in [0.3, 0.4) is 0 Å². The van der Waals surface area contributed by atoms with Gasteiger partial charge in [0.2, 0.25) is 11.6 Å². The highest BCUT2D eigenvalue weighted by molar-refractivity contribution is 6.49. The van der Waals surface area contributed by atoms with E-state index in [1.54, 1.807) is 12.1 Å².